The van der Waals surface area contributed by atoms with Crippen LogP contribution >= 0.6 is 0 Å². The maximum Gasteiger partial charge on any atom is 0.290 e. The lowest BCUT2D eigenvalue weighted by Gasteiger charge is -2.28. The molecule has 0 aliphatic carbocycles. The minimum atomic E-state index is -0.800. The van der Waals surface area contributed by atoms with E-state index in [0.29, 0.717) is 29.2 Å². The summed E-state index contributed by atoms with van der Waals surface area (Å²) in [6.07, 6.45) is 0.652. The Morgan fingerprint density at radius 2 is 1.53 bits per heavy atom. The number of hydrogen-bond donors (Lipinski definition) is 1. The van der Waals surface area contributed by atoms with Crippen LogP contribution < -0.4 is 14.2 Å². The van der Waals surface area contributed by atoms with Crippen LogP contribution in [0.2, 0.25) is 0 Å². The van der Waals surface area contributed by atoms with Gasteiger partial charge in [0.25, 0.3) is 5.91 Å². The monoisotopic (exact) mass is 487 g/mol. The number of nitrogens with zero attached hydrogens (tertiary/aromatic N) is 1. The van der Waals surface area contributed by atoms with Crippen molar-refractivity contribution in [1.82, 2.24) is 4.90 Å². The average molecular weight is 488 g/mol. The van der Waals surface area contributed by atoms with Crippen LogP contribution in [0.5, 0.6) is 17.2 Å². The summed E-state index contributed by atoms with van der Waals surface area (Å²) in [6, 6.07) is 21.4. The predicted molar refractivity (Wildman–Crippen MR) is 135 cm³/mol. The van der Waals surface area contributed by atoms with Gasteiger partial charge in [0.2, 0.25) is 0 Å². The zero-order valence-electron chi connectivity index (χ0n) is 20.6. The Bertz CT molecular complexity index is 1280. The number of ketones is 1. The van der Waals surface area contributed by atoms with Gasteiger partial charge in [-0.2, -0.15) is 0 Å². The number of hydrogen-bond acceptors (Lipinski definition) is 6. The molecule has 1 N–H and O–H groups in total. The number of ether oxygens (including phenoxy) is 3. The number of amides is 1. The van der Waals surface area contributed by atoms with Crippen molar-refractivity contribution in [3.8, 4) is 17.2 Å². The Morgan fingerprint density at radius 3 is 2.22 bits per heavy atom. The van der Waals surface area contributed by atoms with Crippen molar-refractivity contribution in [2.24, 2.45) is 0 Å². The summed E-state index contributed by atoms with van der Waals surface area (Å²) in [5.41, 5.74) is 2.47. The topological polar surface area (TPSA) is 85.3 Å². The van der Waals surface area contributed by atoms with E-state index in [-0.39, 0.29) is 24.3 Å². The molecule has 3 aromatic carbocycles. The maximum absolute atomic E-state index is 13.5. The normalized spacial score (nSPS) is 15.2. The molecule has 3 aromatic rings. The molecule has 7 nitrogen and oxygen atoms in total. The van der Waals surface area contributed by atoms with Gasteiger partial charge in [-0.25, -0.2) is 0 Å². The first-order chi connectivity index (χ1) is 17.5. The van der Waals surface area contributed by atoms with E-state index < -0.39 is 17.7 Å². The number of aryl methyl sites for hydroxylation is 1. The standard InChI is InChI=1S/C29H29NO6/c1-34-23-12-8-7-11-21(23)18-30-27(20-14-16-24(35-2)25(17-20)36-3)26(28(32)29(30)33)22(31)15-13-19-9-5-4-6-10-19/h4-12,14,16-17,27,32H,13,15,18H2,1-3H3. The first kappa shape index (κ1) is 24.9. The highest BCUT2D eigenvalue weighted by atomic mass is 16.5. The summed E-state index contributed by atoms with van der Waals surface area (Å²) < 4.78 is 16.3. The number of para-hydroxylation sites is 1. The summed E-state index contributed by atoms with van der Waals surface area (Å²) in [6.45, 7) is 0.140. The number of methoxy groups -OCH3 is 3. The summed E-state index contributed by atoms with van der Waals surface area (Å²) >= 11 is 0. The number of carbonyl (C=O) groups is 2. The summed E-state index contributed by atoms with van der Waals surface area (Å²) in [7, 11) is 4.62. The molecule has 1 amide bonds. The minimum absolute atomic E-state index is 0.0815. The molecule has 1 aliphatic heterocycles. The molecule has 4 rings (SSSR count). The maximum atomic E-state index is 13.5. The number of Topliss-reactive ketones (excluding diaryl/α,β-unsaturated/α-hetero) is 1. The van der Waals surface area contributed by atoms with E-state index in [2.05, 4.69) is 0 Å². The van der Waals surface area contributed by atoms with Gasteiger partial charge in [0.1, 0.15) is 5.75 Å². The molecule has 186 valence electrons. The van der Waals surface area contributed by atoms with Crippen LogP contribution in [0.1, 0.15) is 29.2 Å². The Labute approximate surface area is 210 Å². The molecule has 0 saturated heterocycles. The van der Waals surface area contributed by atoms with Gasteiger partial charge in [-0.05, 0) is 35.7 Å². The highest BCUT2D eigenvalue weighted by molar-refractivity contribution is 6.09. The van der Waals surface area contributed by atoms with E-state index in [0.717, 1.165) is 11.1 Å². The van der Waals surface area contributed by atoms with Crippen molar-refractivity contribution in [2.75, 3.05) is 21.3 Å². The molecule has 1 heterocycles. The lowest BCUT2D eigenvalue weighted by molar-refractivity contribution is -0.130. The van der Waals surface area contributed by atoms with Gasteiger partial charge in [0.05, 0.1) is 39.5 Å². The molecule has 0 aromatic heterocycles. The van der Waals surface area contributed by atoms with Crippen molar-refractivity contribution in [2.45, 2.75) is 25.4 Å². The zero-order chi connectivity index (χ0) is 25.7. The molecule has 1 unspecified atom stereocenters. The van der Waals surface area contributed by atoms with Gasteiger partial charge in [0.15, 0.2) is 23.0 Å². The van der Waals surface area contributed by atoms with E-state index >= 15 is 0 Å². The second-order valence-corrected chi connectivity index (χ2v) is 8.43. The van der Waals surface area contributed by atoms with E-state index in [9.17, 15) is 14.7 Å². The first-order valence-corrected chi connectivity index (χ1v) is 11.6. The van der Waals surface area contributed by atoms with E-state index in [1.807, 2.05) is 48.5 Å². The fourth-order valence-corrected chi connectivity index (χ4v) is 4.53. The lowest BCUT2D eigenvalue weighted by atomic mass is 9.92. The van der Waals surface area contributed by atoms with Crippen molar-refractivity contribution in [1.29, 1.82) is 0 Å². The Morgan fingerprint density at radius 1 is 0.861 bits per heavy atom. The second kappa shape index (κ2) is 11.0. The van der Waals surface area contributed by atoms with Crippen molar-refractivity contribution in [3.63, 3.8) is 0 Å². The van der Waals surface area contributed by atoms with Crippen LogP contribution in [-0.4, -0.2) is 43.0 Å². The lowest BCUT2D eigenvalue weighted by Crippen LogP contribution is -2.31. The number of rotatable bonds is 10. The molecule has 36 heavy (non-hydrogen) atoms. The predicted octanol–water partition coefficient (Wildman–Crippen LogP) is 4.81. The van der Waals surface area contributed by atoms with Crippen LogP contribution in [0.4, 0.5) is 0 Å². The van der Waals surface area contributed by atoms with Crippen molar-refractivity contribution >= 4 is 11.7 Å². The molecule has 7 heteroatoms. The Balaban J connectivity index is 1.74. The SMILES string of the molecule is COc1ccccc1CN1C(=O)C(O)=C(C(=O)CCc2ccccc2)C1c1ccc(OC)c(OC)c1. The minimum Gasteiger partial charge on any atom is -0.503 e. The third-order valence-corrected chi connectivity index (χ3v) is 6.34. The molecular formula is C29H29NO6. The van der Waals surface area contributed by atoms with Crippen LogP contribution in [0.15, 0.2) is 84.1 Å². The van der Waals surface area contributed by atoms with Gasteiger partial charge >= 0.3 is 0 Å². The zero-order valence-corrected chi connectivity index (χ0v) is 20.6. The van der Waals surface area contributed by atoms with Gasteiger partial charge < -0.3 is 24.2 Å². The highest BCUT2D eigenvalue weighted by Crippen LogP contribution is 2.42. The van der Waals surface area contributed by atoms with E-state index in [1.165, 1.54) is 19.1 Å². The smallest absolute Gasteiger partial charge is 0.290 e. The van der Waals surface area contributed by atoms with Crippen LogP contribution in [0.25, 0.3) is 0 Å². The Hall–Kier alpha value is -4.26. The highest BCUT2D eigenvalue weighted by Gasteiger charge is 2.43. The number of aliphatic hydroxyl groups is 1. The summed E-state index contributed by atoms with van der Waals surface area (Å²) in [5.74, 6) is 0.174. The molecule has 0 saturated carbocycles. The third kappa shape index (κ3) is 4.91. The van der Waals surface area contributed by atoms with Crippen LogP contribution in [0.3, 0.4) is 0 Å². The van der Waals surface area contributed by atoms with Crippen molar-refractivity contribution in [3.05, 3.63) is 101 Å². The molecule has 1 atom stereocenters. The fourth-order valence-electron chi connectivity index (χ4n) is 4.53. The molecular weight excluding hydrogens is 458 g/mol. The summed E-state index contributed by atoms with van der Waals surface area (Å²) in [4.78, 5) is 28.3. The van der Waals surface area contributed by atoms with E-state index in [1.54, 1.807) is 31.4 Å². The third-order valence-electron chi connectivity index (χ3n) is 6.34. The Kier molecular flexibility index (Phi) is 7.59. The van der Waals surface area contributed by atoms with Crippen LogP contribution in [0, 0.1) is 0 Å². The molecule has 0 radical (unpaired) electrons. The quantitative estimate of drug-likeness (QED) is 0.442. The van der Waals surface area contributed by atoms with Gasteiger partial charge in [-0.15, -0.1) is 0 Å². The average Bonchev–Trinajstić information content (AvgIpc) is 3.17. The largest absolute Gasteiger partial charge is 0.503 e. The van der Waals surface area contributed by atoms with Gasteiger partial charge in [-0.3, -0.25) is 9.59 Å². The second-order valence-electron chi connectivity index (χ2n) is 8.43. The molecule has 0 fully saturated rings. The summed E-state index contributed by atoms with van der Waals surface area (Å²) in [5, 5.41) is 10.9. The molecule has 0 spiro atoms. The van der Waals surface area contributed by atoms with Gasteiger partial charge in [0, 0.05) is 12.0 Å². The number of benzene rings is 3. The molecule has 0 bridgehead atoms. The fraction of sp³-hybridized carbons (Fsp3) is 0.241. The van der Waals surface area contributed by atoms with Gasteiger partial charge in [-0.1, -0.05) is 54.6 Å². The van der Waals surface area contributed by atoms with Crippen molar-refractivity contribution < 1.29 is 28.9 Å². The van der Waals surface area contributed by atoms with E-state index in [4.69, 9.17) is 14.2 Å². The van der Waals surface area contributed by atoms with Crippen LogP contribution in [-0.2, 0) is 22.6 Å². The number of carbonyl (C=O) groups excluding carboxylic acids is 2. The molecule has 1 aliphatic rings. The first-order valence-electron chi connectivity index (χ1n) is 11.6. The number of aliphatic hydroxyl groups excluding tert-OH is 1.